The molecule has 0 aliphatic heterocycles. The number of nitrogens with zero attached hydrogens (tertiary/aromatic N) is 5. The fraction of sp³-hybridized carbons (Fsp3) is 0. The van der Waals surface area contributed by atoms with Crippen molar-refractivity contribution < 1.29 is 0 Å². The first kappa shape index (κ1) is 32.2. The van der Waals surface area contributed by atoms with E-state index in [9.17, 15) is 0 Å². The Hall–Kier alpha value is -7.28. The molecule has 0 aliphatic rings. The van der Waals surface area contributed by atoms with Crippen molar-refractivity contribution in [3.8, 4) is 62.1 Å². The fourth-order valence-electron chi connectivity index (χ4n) is 7.88. The Labute approximate surface area is 326 Å². The van der Waals surface area contributed by atoms with Gasteiger partial charge >= 0.3 is 0 Å². The first-order valence-electron chi connectivity index (χ1n) is 18.6. The van der Waals surface area contributed by atoms with Crippen LogP contribution in [0.1, 0.15) is 0 Å². The van der Waals surface area contributed by atoms with Crippen LogP contribution in [0.15, 0.2) is 188 Å². The van der Waals surface area contributed by atoms with Crippen LogP contribution >= 0.6 is 11.3 Å². The second-order valence-corrected chi connectivity index (χ2v) is 14.9. The molecule has 0 aliphatic carbocycles. The lowest BCUT2D eigenvalue weighted by Gasteiger charge is -2.16. The van der Waals surface area contributed by atoms with Crippen molar-refractivity contribution in [3.63, 3.8) is 0 Å². The molecule has 0 bridgehead atoms. The van der Waals surface area contributed by atoms with Crippen LogP contribution in [0, 0.1) is 0 Å². The molecule has 0 atom stereocenters. The zero-order valence-corrected chi connectivity index (χ0v) is 30.9. The van der Waals surface area contributed by atoms with Crippen molar-refractivity contribution in [1.29, 1.82) is 0 Å². The molecule has 11 aromatic rings. The second-order valence-electron chi connectivity index (χ2n) is 13.9. The standard InChI is InChI=1S/C50H31N5S/c1-3-13-32(14-4-1)37-29-28-36(31-44(37)55-42-21-9-7-18-41(42)46-43(55)22-12-30-51-46)50-53-48(34-15-5-2-6-16-34)52-49(54-50)35-26-24-33(25-27-35)38-19-11-20-40-39-17-8-10-23-45(39)56-47(38)40/h1-31H. The van der Waals surface area contributed by atoms with E-state index in [0.29, 0.717) is 17.5 Å². The Balaban J connectivity index is 1.08. The molecule has 4 aromatic heterocycles. The maximum Gasteiger partial charge on any atom is 0.164 e. The zero-order valence-electron chi connectivity index (χ0n) is 30.0. The molecule has 5 nitrogen and oxygen atoms in total. The minimum atomic E-state index is 0.604. The van der Waals surface area contributed by atoms with Crippen LogP contribution < -0.4 is 0 Å². The van der Waals surface area contributed by atoms with Crippen molar-refractivity contribution in [1.82, 2.24) is 24.5 Å². The molecule has 0 amide bonds. The van der Waals surface area contributed by atoms with E-state index in [4.69, 9.17) is 19.9 Å². The van der Waals surface area contributed by atoms with Crippen LogP contribution in [0.3, 0.4) is 0 Å². The van der Waals surface area contributed by atoms with Crippen LogP contribution in [-0.2, 0) is 0 Å². The highest BCUT2D eigenvalue weighted by molar-refractivity contribution is 7.26. The molecule has 11 rings (SSSR count). The van der Waals surface area contributed by atoms with Gasteiger partial charge in [-0.2, -0.15) is 0 Å². The predicted octanol–water partition coefficient (Wildman–Crippen LogP) is 13.1. The number of hydrogen-bond donors (Lipinski definition) is 0. The van der Waals surface area contributed by atoms with E-state index >= 15 is 0 Å². The molecule has 0 fully saturated rings. The summed E-state index contributed by atoms with van der Waals surface area (Å²) in [6.45, 7) is 0. The first-order valence-corrected chi connectivity index (χ1v) is 19.5. The van der Waals surface area contributed by atoms with Gasteiger partial charge in [0.15, 0.2) is 17.5 Å². The van der Waals surface area contributed by atoms with Gasteiger partial charge in [-0.1, -0.05) is 152 Å². The van der Waals surface area contributed by atoms with Gasteiger partial charge in [-0.05, 0) is 47.0 Å². The number of fused-ring (bicyclic) bond motifs is 6. The smallest absolute Gasteiger partial charge is 0.164 e. The number of pyridine rings is 1. The quantitative estimate of drug-likeness (QED) is 0.171. The highest BCUT2D eigenvalue weighted by Gasteiger charge is 2.19. The Bertz CT molecular complexity index is 3190. The molecule has 0 N–H and O–H groups in total. The molecule has 4 heterocycles. The van der Waals surface area contributed by atoms with Crippen molar-refractivity contribution in [2.24, 2.45) is 0 Å². The third-order valence-corrected chi connectivity index (χ3v) is 11.8. The third-order valence-electron chi connectivity index (χ3n) is 10.5. The third kappa shape index (κ3) is 5.38. The number of aromatic nitrogens is 5. The summed E-state index contributed by atoms with van der Waals surface area (Å²) in [5.74, 6) is 1.85. The Morgan fingerprint density at radius 3 is 1.75 bits per heavy atom. The van der Waals surface area contributed by atoms with Gasteiger partial charge in [0, 0.05) is 54.0 Å². The van der Waals surface area contributed by atoms with Gasteiger partial charge in [0.05, 0.1) is 22.2 Å². The SMILES string of the molecule is c1ccc(-c2nc(-c3ccc(-c4cccc5c4sc4ccccc45)cc3)nc(-c3ccc(-c4ccccc4)c(-n4c5ccccc5c5ncccc54)c3)n2)cc1. The predicted molar refractivity (Wildman–Crippen MR) is 232 cm³/mol. The van der Waals surface area contributed by atoms with Crippen LogP contribution in [0.5, 0.6) is 0 Å². The number of thiophene rings is 1. The summed E-state index contributed by atoms with van der Waals surface area (Å²) in [7, 11) is 0. The molecular weight excluding hydrogens is 703 g/mol. The monoisotopic (exact) mass is 733 g/mol. The van der Waals surface area contributed by atoms with Gasteiger partial charge in [0.25, 0.3) is 0 Å². The summed E-state index contributed by atoms with van der Waals surface area (Å²) in [4.78, 5) is 20.2. The molecular formula is C50H31N5S. The van der Waals surface area contributed by atoms with Crippen LogP contribution in [0.2, 0.25) is 0 Å². The summed E-state index contributed by atoms with van der Waals surface area (Å²) >= 11 is 1.85. The Morgan fingerprint density at radius 2 is 0.964 bits per heavy atom. The lowest BCUT2D eigenvalue weighted by molar-refractivity contribution is 1.07. The minimum absolute atomic E-state index is 0.604. The summed E-state index contributed by atoms with van der Waals surface area (Å²) in [6.07, 6.45) is 1.86. The van der Waals surface area contributed by atoms with Gasteiger partial charge in [-0.15, -0.1) is 11.3 Å². The molecule has 0 unspecified atom stereocenters. The topological polar surface area (TPSA) is 56.5 Å². The summed E-state index contributed by atoms with van der Waals surface area (Å²) < 4.78 is 4.91. The Morgan fingerprint density at radius 1 is 0.393 bits per heavy atom. The van der Waals surface area contributed by atoms with Crippen LogP contribution in [0.25, 0.3) is 104 Å². The van der Waals surface area contributed by atoms with E-state index < -0.39 is 0 Å². The average Bonchev–Trinajstić information content (AvgIpc) is 3.83. The highest BCUT2D eigenvalue weighted by Crippen LogP contribution is 2.41. The van der Waals surface area contributed by atoms with Crippen molar-refractivity contribution in [2.75, 3.05) is 0 Å². The van der Waals surface area contributed by atoms with Crippen LogP contribution in [0.4, 0.5) is 0 Å². The van der Waals surface area contributed by atoms with Gasteiger partial charge in [0.2, 0.25) is 0 Å². The number of para-hydroxylation sites is 1. The van der Waals surface area contributed by atoms with Crippen molar-refractivity contribution in [3.05, 3.63) is 188 Å². The lowest BCUT2D eigenvalue weighted by atomic mass is 10.0. The van der Waals surface area contributed by atoms with Gasteiger partial charge in [-0.25, -0.2) is 15.0 Å². The molecule has 262 valence electrons. The van der Waals surface area contributed by atoms with Gasteiger partial charge < -0.3 is 4.57 Å². The van der Waals surface area contributed by atoms with Gasteiger partial charge in [0.1, 0.15) is 0 Å². The summed E-state index contributed by atoms with van der Waals surface area (Å²) in [5, 5.41) is 3.69. The van der Waals surface area contributed by atoms with E-state index in [1.807, 2.05) is 53.9 Å². The molecule has 0 radical (unpaired) electrons. The average molecular weight is 734 g/mol. The largest absolute Gasteiger partial charge is 0.307 e. The molecule has 0 spiro atoms. The number of rotatable bonds is 6. The van der Waals surface area contributed by atoms with Crippen LogP contribution in [-0.4, -0.2) is 24.5 Å². The lowest BCUT2D eigenvalue weighted by Crippen LogP contribution is -2.02. The van der Waals surface area contributed by atoms with E-state index in [1.54, 1.807) is 0 Å². The fourth-order valence-corrected chi connectivity index (χ4v) is 9.12. The first-order chi connectivity index (χ1) is 27.8. The number of benzene rings is 7. The van der Waals surface area contributed by atoms with E-state index in [-0.39, 0.29) is 0 Å². The van der Waals surface area contributed by atoms with Gasteiger partial charge in [-0.3, -0.25) is 4.98 Å². The normalized spacial score (nSPS) is 11.6. The highest BCUT2D eigenvalue weighted by atomic mass is 32.1. The minimum Gasteiger partial charge on any atom is -0.307 e. The summed E-state index contributed by atoms with van der Waals surface area (Å²) in [5.41, 5.74) is 11.5. The van der Waals surface area contributed by atoms with Crippen molar-refractivity contribution in [2.45, 2.75) is 0 Å². The van der Waals surface area contributed by atoms with E-state index in [0.717, 1.165) is 61.0 Å². The van der Waals surface area contributed by atoms with E-state index in [1.165, 1.54) is 25.7 Å². The summed E-state index contributed by atoms with van der Waals surface area (Å²) in [6, 6.07) is 63.7. The zero-order chi connectivity index (χ0) is 37.0. The molecule has 7 aromatic carbocycles. The Kier molecular flexibility index (Phi) is 7.60. The van der Waals surface area contributed by atoms with E-state index in [2.05, 4.69) is 150 Å². The van der Waals surface area contributed by atoms with Crippen molar-refractivity contribution >= 4 is 53.4 Å². The maximum absolute atomic E-state index is 5.19. The molecule has 56 heavy (non-hydrogen) atoms. The molecule has 0 saturated carbocycles. The molecule has 6 heteroatoms. The molecule has 0 saturated heterocycles. The number of hydrogen-bond acceptors (Lipinski definition) is 5. The second kappa shape index (κ2) is 13.2. The maximum atomic E-state index is 5.19.